The Hall–Kier alpha value is -0.390. The van der Waals surface area contributed by atoms with Crippen LogP contribution in [0.4, 0.5) is 0 Å². The predicted octanol–water partition coefficient (Wildman–Crippen LogP) is -0.223. The lowest BCUT2D eigenvalue weighted by Crippen LogP contribution is -2.32. The molecular weight excluding hydrogens is 188 g/mol. The highest BCUT2D eigenvalue weighted by Gasteiger charge is 2.37. The molecule has 1 rings (SSSR count). The highest BCUT2D eigenvalue weighted by molar-refractivity contribution is 8.26. The fourth-order valence-electron chi connectivity index (χ4n) is 1.19. The minimum atomic E-state index is -0.357. The van der Waals surface area contributed by atoms with Gasteiger partial charge in [-0.1, -0.05) is 11.8 Å². The maximum Gasteiger partial charge on any atom is 0.109 e. The molecule has 1 heterocycles. The zero-order valence-electron chi connectivity index (χ0n) is 7.02. The summed E-state index contributed by atoms with van der Waals surface area (Å²) in [4.78, 5) is 0. The summed E-state index contributed by atoms with van der Waals surface area (Å²) in [5, 5.41) is 0. The Morgan fingerprint density at radius 2 is 1.50 bits per heavy atom. The summed E-state index contributed by atoms with van der Waals surface area (Å²) in [6.07, 6.45) is 10.7. The van der Waals surface area contributed by atoms with Crippen molar-refractivity contribution in [1.82, 2.24) is 8.61 Å². The van der Waals surface area contributed by atoms with Gasteiger partial charge in [-0.3, -0.25) is 0 Å². The van der Waals surface area contributed by atoms with Gasteiger partial charge in [0.1, 0.15) is 12.1 Å². The quantitative estimate of drug-likeness (QED) is 0.497. The van der Waals surface area contributed by atoms with Crippen LogP contribution in [0.1, 0.15) is 0 Å². The van der Waals surface area contributed by atoms with E-state index < -0.39 is 0 Å². The van der Waals surface area contributed by atoms with E-state index in [9.17, 15) is 0 Å². The molecule has 0 bridgehead atoms. The number of rotatable bonds is 0. The number of likely N-dealkylation sites (N-methyl/N-ethyl adjacent to an activating group) is 2. The second-order valence-electron chi connectivity index (χ2n) is 2.55. The van der Waals surface area contributed by atoms with E-state index in [1.165, 1.54) is 0 Å². The monoisotopic (exact) mass is 198 g/mol. The molecule has 1 saturated heterocycles. The molecule has 1 aliphatic rings. The van der Waals surface area contributed by atoms with Gasteiger partial charge in [0, 0.05) is 23.9 Å². The molecule has 4 heteroatoms. The normalized spacial score (nSPS) is 37.5. The molecule has 0 aromatic rings. The van der Waals surface area contributed by atoms with Crippen LogP contribution in [0, 0.1) is 24.7 Å². The van der Waals surface area contributed by atoms with E-state index in [1.54, 1.807) is 0 Å². The number of terminal acetylenes is 2. The number of nitrogens with zero attached hydrogens (tertiary/aromatic N) is 2. The largest absolute Gasteiger partial charge is 0.220 e. The first-order valence-corrected chi connectivity index (χ1v) is 5.49. The van der Waals surface area contributed by atoms with Crippen molar-refractivity contribution < 1.29 is 0 Å². The van der Waals surface area contributed by atoms with E-state index in [4.69, 9.17) is 24.0 Å². The molecule has 1 fully saturated rings. The van der Waals surface area contributed by atoms with E-state index in [-0.39, 0.29) is 21.9 Å². The topological polar surface area (TPSA) is 6.48 Å². The first-order chi connectivity index (χ1) is 5.63. The minimum Gasteiger partial charge on any atom is -0.220 e. The molecule has 0 spiro atoms. The van der Waals surface area contributed by atoms with Crippen LogP contribution >= 0.6 is 0 Å². The molecule has 0 amide bonds. The van der Waals surface area contributed by atoms with Crippen molar-refractivity contribution in [3.63, 3.8) is 0 Å². The van der Waals surface area contributed by atoms with Crippen LogP contribution in [0.15, 0.2) is 0 Å². The summed E-state index contributed by atoms with van der Waals surface area (Å²) in [7, 11) is 3.47. The van der Waals surface area contributed by atoms with Gasteiger partial charge in [-0.05, 0) is 11.2 Å². The van der Waals surface area contributed by atoms with Crippen LogP contribution in [0.5, 0.6) is 0 Å². The Morgan fingerprint density at radius 1 is 1.17 bits per heavy atom. The molecule has 2 nitrogen and oxygen atoms in total. The van der Waals surface area contributed by atoms with Gasteiger partial charge in [-0.15, -0.1) is 12.8 Å². The van der Waals surface area contributed by atoms with Crippen molar-refractivity contribution in [3.8, 4) is 24.7 Å². The Balaban J connectivity index is 2.99. The average Bonchev–Trinajstić information content (AvgIpc) is 2.29. The minimum absolute atomic E-state index is 0.0409. The molecule has 0 N–H and O–H groups in total. The lowest BCUT2D eigenvalue weighted by atomic mass is 10.1. The van der Waals surface area contributed by atoms with Gasteiger partial charge < -0.3 is 0 Å². The zero-order chi connectivity index (χ0) is 9.30. The van der Waals surface area contributed by atoms with Crippen molar-refractivity contribution >= 4 is 21.0 Å². The molecule has 0 saturated carbocycles. The SMILES string of the molecule is C#CC1C(C#C)N(C)S(=S)N1C. The molecule has 2 atom stereocenters. The highest BCUT2D eigenvalue weighted by atomic mass is 32.8. The third kappa shape index (κ3) is 1.28. The third-order valence-electron chi connectivity index (χ3n) is 1.92. The second kappa shape index (κ2) is 3.55. The molecule has 12 heavy (non-hydrogen) atoms. The van der Waals surface area contributed by atoms with Crippen molar-refractivity contribution in [2.75, 3.05) is 14.1 Å². The lowest BCUT2D eigenvalue weighted by molar-refractivity contribution is 0.423. The summed E-state index contributed by atoms with van der Waals surface area (Å²) in [5.41, 5.74) is 0. The molecule has 0 aromatic carbocycles. The first-order valence-electron chi connectivity index (χ1n) is 3.43. The third-order valence-corrected chi connectivity index (χ3v) is 4.77. The standard InChI is InChI=1S/C8H10N2S2/c1-5-7-8(6-2)10(4)12(11)9(7)3/h1-2,7-8H,3-4H3. The Morgan fingerprint density at radius 3 is 1.75 bits per heavy atom. The summed E-state index contributed by atoms with van der Waals surface area (Å²) in [5.74, 6) is 5.32. The number of hydrogen-bond acceptors (Lipinski definition) is 1. The maximum absolute atomic E-state index is 5.36. The van der Waals surface area contributed by atoms with Gasteiger partial charge in [0.15, 0.2) is 0 Å². The predicted molar refractivity (Wildman–Crippen MR) is 55.5 cm³/mol. The van der Waals surface area contributed by atoms with Gasteiger partial charge in [0.05, 0.1) is 0 Å². The molecular formula is C8H10N2S2. The van der Waals surface area contributed by atoms with Crippen LogP contribution < -0.4 is 0 Å². The Labute approximate surface area is 80.8 Å². The zero-order valence-corrected chi connectivity index (χ0v) is 8.65. The average molecular weight is 198 g/mol. The Kier molecular flexibility index (Phi) is 2.87. The van der Waals surface area contributed by atoms with Crippen molar-refractivity contribution in [3.05, 3.63) is 0 Å². The summed E-state index contributed by atoms with van der Waals surface area (Å²) in [6.45, 7) is 0. The molecule has 2 unspecified atom stereocenters. The fraction of sp³-hybridized carbons (Fsp3) is 0.500. The van der Waals surface area contributed by atoms with Crippen LogP contribution in [-0.4, -0.2) is 34.8 Å². The van der Waals surface area contributed by atoms with Crippen LogP contribution in [-0.2, 0) is 21.0 Å². The molecule has 0 aromatic heterocycles. The van der Waals surface area contributed by atoms with Crippen LogP contribution in [0.3, 0.4) is 0 Å². The van der Waals surface area contributed by atoms with Crippen molar-refractivity contribution in [2.24, 2.45) is 0 Å². The highest BCUT2D eigenvalue weighted by Crippen LogP contribution is 2.21. The maximum atomic E-state index is 5.36. The molecule has 1 aliphatic heterocycles. The van der Waals surface area contributed by atoms with E-state index >= 15 is 0 Å². The van der Waals surface area contributed by atoms with Gasteiger partial charge in [-0.25, -0.2) is 8.61 Å². The molecule has 0 aliphatic carbocycles. The summed E-state index contributed by atoms with van der Waals surface area (Å²) < 4.78 is 3.92. The van der Waals surface area contributed by atoms with Gasteiger partial charge in [-0.2, -0.15) is 0 Å². The van der Waals surface area contributed by atoms with Gasteiger partial charge in [0.2, 0.25) is 0 Å². The van der Waals surface area contributed by atoms with Crippen molar-refractivity contribution in [1.29, 1.82) is 0 Å². The first kappa shape index (κ1) is 9.70. The lowest BCUT2D eigenvalue weighted by Gasteiger charge is -2.12. The molecule has 0 radical (unpaired) electrons. The smallest absolute Gasteiger partial charge is 0.109 e. The van der Waals surface area contributed by atoms with Gasteiger partial charge in [0.25, 0.3) is 0 Å². The fourth-order valence-corrected chi connectivity index (χ4v) is 2.89. The van der Waals surface area contributed by atoms with Crippen LogP contribution in [0.2, 0.25) is 0 Å². The van der Waals surface area contributed by atoms with E-state index in [0.29, 0.717) is 0 Å². The number of hydrogen-bond donors (Lipinski definition) is 0. The van der Waals surface area contributed by atoms with E-state index in [1.807, 2.05) is 22.7 Å². The summed E-state index contributed by atoms with van der Waals surface area (Å²) >= 11 is 5.22. The second-order valence-corrected chi connectivity index (χ2v) is 5.05. The van der Waals surface area contributed by atoms with Gasteiger partial charge >= 0.3 is 0 Å². The van der Waals surface area contributed by atoms with E-state index in [0.717, 1.165) is 0 Å². The Bertz CT molecular complexity index is 258. The summed E-state index contributed by atoms with van der Waals surface area (Å²) in [6, 6.07) is -0.0818. The van der Waals surface area contributed by atoms with E-state index in [2.05, 4.69) is 11.8 Å². The molecule has 64 valence electrons. The van der Waals surface area contributed by atoms with Crippen LogP contribution in [0.25, 0.3) is 0 Å². The van der Waals surface area contributed by atoms with Crippen molar-refractivity contribution in [2.45, 2.75) is 12.1 Å².